The van der Waals surface area contributed by atoms with E-state index in [1.165, 1.54) is 6.54 Å². The Bertz CT molecular complexity index is 189. The smallest absolute Gasteiger partial charge is 0.0477 e. The molecule has 1 aliphatic rings. The maximum absolute atomic E-state index is 6.07. The first-order valence-corrected chi connectivity index (χ1v) is 6.38. The number of rotatable bonds is 6. The van der Waals surface area contributed by atoms with Crippen molar-refractivity contribution in [2.75, 3.05) is 46.4 Å². The van der Waals surface area contributed by atoms with E-state index in [9.17, 15) is 0 Å². The van der Waals surface area contributed by atoms with Crippen LogP contribution >= 0.6 is 0 Å². The molecule has 1 aliphatic heterocycles. The number of nitrogens with two attached hydrogens (primary N) is 1. The second kappa shape index (κ2) is 7.22. The van der Waals surface area contributed by atoms with Gasteiger partial charge in [-0.05, 0) is 19.9 Å². The van der Waals surface area contributed by atoms with E-state index in [0.717, 1.165) is 39.2 Å². The van der Waals surface area contributed by atoms with Crippen LogP contribution in [0, 0.1) is 0 Å². The Morgan fingerprint density at radius 1 is 1.44 bits per heavy atom. The Morgan fingerprint density at radius 2 is 2.19 bits per heavy atom. The largest absolute Gasteiger partial charge is 0.385 e. The molecule has 0 spiro atoms. The van der Waals surface area contributed by atoms with Crippen LogP contribution in [0.1, 0.15) is 20.3 Å². The average molecular weight is 229 g/mol. The van der Waals surface area contributed by atoms with Gasteiger partial charge in [-0.15, -0.1) is 0 Å². The fourth-order valence-corrected chi connectivity index (χ4v) is 2.40. The van der Waals surface area contributed by atoms with Gasteiger partial charge >= 0.3 is 0 Å². The van der Waals surface area contributed by atoms with Crippen LogP contribution in [0.3, 0.4) is 0 Å². The summed E-state index contributed by atoms with van der Waals surface area (Å²) in [7, 11) is 1.73. The monoisotopic (exact) mass is 229 g/mol. The third-order valence-corrected chi connectivity index (χ3v) is 3.44. The van der Waals surface area contributed by atoms with E-state index in [0.29, 0.717) is 6.04 Å². The molecule has 2 unspecified atom stereocenters. The zero-order valence-electron chi connectivity index (χ0n) is 11.0. The van der Waals surface area contributed by atoms with Crippen molar-refractivity contribution in [3.05, 3.63) is 0 Å². The van der Waals surface area contributed by atoms with E-state index in [2.05, 4.69) is 23.6 Å². The summed E-state index contributed by atoms with van der Waals surface area (Å²) in [6.45, 7) is 10.9. The summed E-state index contributed by atoms with van der Waals surface area (Å²) < 4.78 is 5.05. The van der Waals surface area contributed by atoms with Crippen molar-refractivity contribution in [1.82, 2.24) is 9.80 Å². The molecule has 96 valence electrons. The minimum absolute atomic E-state index is 0.250. The number of hydrogen-bond acceptors (Lipinski definition) is 4. The summed E-state index contributed by atoms with van der Waals surface area (Å²) in [5, 5.41) is 0. The molecule has 0 aromatic heterocycles. The molecule has 1 rings (SSSR count). The molecule has 16 heavy (non-hydrogen) atoms. The number of ether oxygens (including phenoxy) is 1. The summed E-state index contributed by atoms with van der Waals surface area (Å²) in [6, 6.07) is 0.911. The zero-order valence-corrected chi connectivity index (χ0v) is 11.0. The van der Waals surface area contributed by atoms with E-state index in [1.807, 2.05) is 0 Å². The van der Waals surface area contributed by atoms with Gasteiger partial charge in [0.2, 0.25) is 0 Å². The maximum atomic E-state index is 6.07. The first-order chi connectivity index (χ1) is 7.67. The van der Waals surface area contributed by atoms with Crippen molar-refractivity contribution in [2.45, 2.75) is 32.4 Å². The predicted octanol–water partition coefficient (Wildman–Crippen LogP) is 0.376. The fourth-order valence-electron chi connectivity index (χ4n) is 2.40. The quantitative estimate of drug-likeness (QED) is 0.715. The van der Waals surface area contributed by atoms with Crippen LogP contribution < -0.4 is 5.73 Å². The molecule has 0 aromatic rings. The highest BCUT2D eigenvalue weighted by atomic mass is 16.5. The van der Waals surface area contributed by atoms with Gasteiger partial charge in [-0.3, -0.25) is 9.80 Å². The van der Waals surface area contributed by atoms with Crippen LogP contribution in [0.25, 0.3) is 0 Å². The molecule has 2 N–H and O–H groups in total. The highest BCUT2D eigenvalue weighted by Crippen LogP contribution is 2.09. The van der Waals surface area contributed by atoms with Gasteiger partial charge in [0.1, 0.15) is 0 Å². The topological polar surface area (TPSA) is 41.7 Å². The molecular formula is C12H27N3O. The van der Waals surface area contributed by atoms with Gasteiger partial charge in [-0.1, -0.05) is 6.92 Å². The lowest BCUT2D eigenvalue weighted by molar-refractivity contribution is 0.0806. The number of methoxy groups -OCH3 is 1. The van der Waals surface area contributed by atoms with Crippen molar-refractivity contribution in [1.29, 1.82) is 0 Å². The highest BCUT2D eigenvalue weighted by Gasteiger charge is 2.23. The van der Waals surface area contributed by atoms with Crippen LogP contribution in [0.5, 0.6) is 0 Å². The van der Waals surface area contributed by atoms with Gasteiger partial charge in [-0.2, -0.15) is 0 Å². The Hall–Kier alpha value is -0.160. The van der Waals surface area contributed by atoms with Gasteiger partial charge in [0.15, 0.2) is 0 Å². The maximum Gasteiger partial charge on any atom is 0.0477 e. The van der Waals surface area contributed by atoms with E-state index < -0.39 is 0 Å². The van der Waals surface area contributed by atoms with Crippen LogP contribution in [0.15, 0.2) is 0 Å². The molecule has 0 saturated carbocycles. The SMILES string of the molecule is CCN1CCN(CC(N)CCOC)CC1C. The van der Waals surface area contributed by atoms with Crippen molar-refractivity contribution >= 4 is 0 Å². The van der Waals surface area contributed by atoms with Crippen molar-refractivity contribution < 1.29 is 4.74 Å². The van der Waals surface area contributed by atoms with E-state index in [1.54, 1.807) is 7.11 Å². The molecule has 0 radical (unpaired) electrons. The van der Waals surface area contributed by atoms with Crippen LogP contribution in [-0.4, -0.2) is 68.3 Å². The number of hydrogen-bond donors (Lipinski definition) is 1. The van der Waals surface area contributed by atoms with E-state index in [4.69, 9.17) is 10.5 Å². The molecular weight excluding hydrogens is 202 g/mol. The molecule has 4 heteroatoms. The molecule has 0 aromatic carbocycles. The number of nitrogens with zero attached hydrogens (tertiary/aromatic N) is 2. The second-order valence-corrected chi connectivity index (χ2v) is 4.78. The molecule has 0 aliphatic carbocycles. The summed E-state index contributed by atoms with van der Waals surface area (Å²) in [6.07, 6.45) is 0.957. The number of piperazine rings is 1. The number of likely N-dealkylation sites (N-methyl/N-ethyl adjacent to an activating group) is 1. The van der Waals surface area contributed by atoms with Crippen LogP contribution in [0.2, 0.25) is 0 Å². The molecule has 0 amide bonds. The first-order valence-electron chi connectivity index (χ1n) is 6.38. The molecule has 1 saturated heterocycles. The fraction of sp³-hybridized carbons (Fsp3) is 1.00. The van der Waals surface area contributed by atoms with Gasteiger partial charge in [0, 0.05) is 52.0 Å². The molecule has 2 atom stereocenters. The lowest BCUT2D eigenvalue weighted by Gasteiger charge is -2.40. The van der Waals surface area contributed by atoms with E-state index >= 15 is 0 Å². The summed E-state index contributed by atoms with van der Waals surface area (Å²) in [4.78, 5) is 5.01. The standard InChI is InChI=1S/C12H27N3O/c1-4-15-7-6-14(9-11(15)2)10-12(13)5-8-16-3/h11-12H,4-10,13H2,1-3H3. The van der Waals surface area contributed by atoms with E-state index in [-0.39, 0.29) is 6.04 Å². The van der Waals surface area contributed by atoms with Crippen molar-refractivity contribution in [3.8, 4) is 0 Å². The zero-order chi connectivity index (χ0) is 12.0. The second-order valence-electron chi connectivity index (χ2n) is 4.78. The Kier molecular flexibility index (Phi) is 6.28. The Morgan fingerprint density at radius 3 is 2.75 bits per heavy atom. The normalized spacial score (nSPS) is 25.9. The molecule has 0 bridgehead atoms. The van der Waals surface area contributed by atoms with Gasteiger partial charge in [0.25, 0.3) is 0 Å². The summed E-state index contributed by atoms with van der Waals surface area (Å²) in [5.74, 6) is 0. The lowest BCUT2D eigenvalue weighted by atomic mass is 10.1. The van der Waals surface area contributed by atoms with Gasteiger partial charge < -0.3 is 10.5 Å². The minimum atomic E-state index is 0.250. The summed E-state index contributed by atoms with van der Waals surface area (Å²) >= 11 is 0. The highest BCUT2D eigenvalue weighted by molar-refractivity contribution is 4.80. The molecule has 1 heterocycles. The Balaban J connectivity index is 2.24. The third-order valence-electron chi connectivity index (χ3n) is 3.44. The average Bonchev–Trinajstić information content (AvgIpc) is 2.26. The van der Waals surface area contributed by atoms with Gasteiger partial charge in [0.05, 0.1) is 0 Å². The van der Waals surface area contributed by atoms with Crippen LogP contribution in [0.4, 0.5) is 0 Å². The minimum Gasteiger partial charge on any atom is -0.385 e. The Labute approximate surface area is 99.7 Å². The first kappa shape index (κ1) is 13.9. The third kappa shape index (κ3) is 4.37. The van der Waals surface area contributed by atoms with Crippen molar-refractivity contribution in [2.24, 2.45) is 5.73 Å². The molecule has 4 nitrogen and oxygen atoms in total. The van der Waals surface area contributed by atoms with Crippen LogP contribution in [-0.2, 0) is 4.74 Å². The molecule has 1 fully saturated rings. The van der Waals surface area contributed by atoms with Gasteiger partial charge in [-0.25, -0.2) is 0 Å². The summed E-state index contributed by atoms with van der Waals surface area (Å²) in [5.41, 5.74) is 6.07. The lowest BCUT2D eigenvalue weighted by Crippen LogP contribution is -2.54. The predicted molar refractivity (Wildman–Crippen MR) is 67.6 cm³/mol. The van der Waals surface area contributed by atoms with Crippen molar-refractivity contribution in [3.63, 3.8) is 0 Å².